The second kappa shape index (κ2) is 6.06. The number of rotatable bonds is 3. The van der Waals surface area contributed by atoms with Crippen LogP contribution >= 0.6 is 11.6 Å². The largest absolute Gasteiger partial charge is 0.368 e. The molecule has 0 aliphatic carbocycles. The molecule has 8 nitrogen and oxygen atoms in total. The Kier molecular flexibility index (Phi) is 4.39. The zero-order chi connectivity index (χ0) is 15.6. The number of nitrogens with zero attached hydrogens (tertiary/aromatic N) is 2. The van der Waals surface area contributed by atoms with Crippen LogP contribution in [0.4, 0.5) is 5.69 Å². The quantitative estimate of drug-likeness (QED) is 0.608. The highest BCUT2D eigenvalue weighted by Gasteiger charge is 2.34. The van der Waals surface area contributed by atoms with E-state index in [0.717, 1.165) is 6.07 Å². The zero-order valence-electron chi connectivity index (χ0n) is 10.9. The van der Waals surface area contributed by atoms with Crippen molar-refractivity contribution in [2.24, 2.45) is 5.73 Å². The highest BCUT2D eigenvalue weighted by Crippen LogP contribution is 2.25. The summed E-state index contributed by atoms with van der Waals surface area (Å²) < 4.78 is 0. The summed E-state index contributed by atoms with van der Waals surface area (Å²) in [5.41, 5.74) is 4.76. The molecule has 2 rings (SSSR count). The van der Waals surface area contributed by atoms with Gasteiger partial charge in [-0.1, -0.05) is 11.6 Å². The Morgan fingerprint density at radius 1 is 1.48 bits per heavy atom. The molecule has 1 unspecified atom stereocenters. The van der Waals surface area contributed by atoms with Crippen LogP contribution in [0.15, 0.2) is 18.2 Å². The van der Waals surface area contributed by atoms with Crippen molar-refractivity contribution in [2.45, 2.75) is 6.04 Å². The van der Waals surface area contributed by atoms with Crippen LogP contribution in [-0.2, 0) is 4.79 Å². The van der Waals surface area contributed by atoms with Gasteiger partial charge in [-0.15, -0.1) is 0 Å². The van der Waals surface area contributed by atoms with E-state index in [4.69, 9.17) is 17.3 Å². The number of nitro groups is 1. The highest BCUT2D eigenvalue weighted by atomic mass is 35.5. The summed E-state index contributed by atoms with van der Waals surface area (Å²) in [5.74, 6) is -1.30. The van der Waals surface area contributed by atoms with E-state index in [9.17, 15) is 19.7 Å². The van der Waals surface area contributed by atoms with Crippen molar-refractivity contribution in [3.8, 4) is 0 Å². The van der Waals surface area contributed by atoms with E-state index < -0.39 is 22.8 Å². The Hall–Kier alpha value is -2.19. The molecule has 0 aromatic heterocycles. The monoisotopic (exact) mass is 312 g/mol. The van der Waals surface area contributed by atoms with Crippen LogP contribution in [0.3, 0.4) is 0 Å². The second-order valence-corrected chi connectivity index (χ2v) is 4.98. The molecule has 0 spiro atoms. The third-order valence-electron chi connectivity index (χ3n) is 3.22. The fourth-order valence-corrected chi connectivity index (χ4v) is 2.37. The van der Waals surface area contributed by atoms with Gasteiger partial charge in [0.05, 0.1) is 4.92 Å². The van der Waals surface area contributed by atoms with Gasteiger partial charge in [0.15, 0.2) is 0 Å². The molecule has 21 heavy (non-hydrogen) atoms. The van der Waals surface area contributed by atoms with Crippen LogP contribution in [0.25, 0.3) is 0 Å². The predicted octanol–water partition coefficient (Wildman–Crippen LogP) is 0.147. The average molecular weight is 313 g/mol. The Morgan fingerprint density at radius 3 is 2.81 bits per heavy atom. The molecule has 2 amide bonds. The molecule has 9 heteroatoms. The van der Waals surface area contributed by atoms with Crippen LogP contribution < -0.4 is 11.1 Å². The molecule has 1 atom stereocenters. The summed E-state index contributed by atoms with van der Waals surface area (Å²) in [4.78, 5) is 35.5. The first kappa shape index (κ1) is 15.2. The molecular formula is C12H13ClN4O4. The summed E-state index contributed by atoms with van der Waals surface area (Å²) in [6, 6.07) is 2.88. The van der Waals surface area contributed by atoms with Gasteiger partial charge in [0.1, 0.15) is 11.6 Å². The third-order valence-corrected chi connectivity index (χ3v) is 3.45. The van der Waals surface area contributed by atoms with E-state index in [-0.39, 0.29) is 29.4 Å². The van der Waals surface area contributed by atoms with E-state index in [1.165, 1.54) is 17.0 Å². The van der Waals surface area contributed by atoms with Crippen LogP contribution in [0.1, 0.15) is 10.4 Å². The predicted molar refractivity (Wildman–Crippen MR) is 75.0 cm³/mol. The number of hydrogen-bond donors (Lipinski definition) is 2. The molecule has 0 radical (unpaired) electrons. The number of benzene rings is 1. The Labute approximate surface area is 125 Å². The molecule has 112 valence electrons. The summed E-state index contributed by atoms with van der Waals surface area (Å²) in [6.45, 7) is 0.926. The van der Waals surface area contributed by atoms with E-state index in [2.05, 4.69) is 5.32 Å². The summed E-state index contributed by atoms with van der Waals surface area (Å²) in [5, 5.41) is 14.2. The number of nitrogens with one attached hydrogen (secondary N) is 1. The first-order valence-corrected chi connectivity index (χ1v) is 6.54. The second-order valence-electron chi connectivity index (χ2n) is 4.54. The van der Waals surface area contributed by atoms with Gasteiger partial charge >= 0.3 is 0 Å². The first-order valence-electron chi connectivity index (χ1n) is 6.16. The standard InChI is InChI=1S/C12H13ClN4O4/c13-7-1-2-9(17(20)21)8(5-7)12(19)16-4-3-15-6-10(16)11(14)18/h1-2,5,10,15H,3-4,6H2,(H2,14,18). The molecule has 1 aromatic rings. The number of primary amides is 1. The van der Waals surface area contributed by atoms with Gasteiger partial charge in [-0.25, -0.2) is 0 Å². The lowest BCUT2D eigenvalue weighted by Crippen LogP contribution is -2.58. The maximum Gasteiger partial charge on any atom is 0.282 e. The van der Waals surface area contributed by atoms with Crippen LogP contribution in [0.2, 0.25) is 5.02 Å². The van der Waals surface area contributed by atoms with Crippen LogP contribution in [-0.4, -0.2) is 47.3 Å². The summed E-state index contributed by atoms with van der Waals surface area (Å²) in [6.07, 6.45) is 0. The lowest BCUT2D eigenvalue weighted by atomic mass is 10.1. The van der Waals surface area contributed by atoms with Crippen LogP contribution in [0.5, 0.6) is 0 Å². The zero-order valence-corrected chi connectivity index (χ0v) is 11.7. The number of carbonyl (C=O) groups excluding carboxylic acids is 2. The van der Waals surface area contributed by atoms with Crippen molar-refractivity contribution < 1.29 is 14.5 Å². The van der Waals surface area contributed by atoms with Gasteiger partial charge in [-0.3, -0.25) is 19.7 Å². The fourth-order valence-electron chi connectivity index (χ4n) is 2.20. The van der Waals surface area contributed by atoms with Crippen molar-refractivity contribution in [1.29, 1.82) is 0 Å². The van der Waals surface area contributed by atoms with Crippen molar-refractivity contribution in [2.75, 3.05) is 19.6 Å². The molecule has 3 N–H and O–H groups in total. The van der Waals surface area contributed by atoms with Crippen molar-refractivity contribution in [3.05, 3.63) is 38.9 Å². The molecule has 1 aliphatic heterocycles. The fraction of sp³-hybridized carbons (Fsp3) is 0.333. The molecule has 0 saturated carbocycles. The minimum atomic E-state index is -0.843. The molecule has 1 aromatic carbocycles. The maximum atomic E-state index is 12.5. The number of halogens is 1. The van der Waals surface area contributed by atoms with Gasteiger partial charge in [-0.2, -0.15) is 0 Å². The molecule has 1 saturated heterocycles. The molecule has 1 aliphatic rings. The number of carbonyl (C=O) groups is 2. The maximum absolute atomic E-state index is 12.5. The number of amides is 2. The van der Waals surface area contributed by atoms with Crippen molar-refractivity contribution in [1.82, 2.24) is 10.2 Å². The summed E-state index contributed by atoms with van der Waals surface area (Å²) in [7, 11) is 0. The number of nitro benzene ring substituents is 1. The normalized spacial score (nSPS) is 18.3. The molecular weight excluding hydrogens is 300 g/mol. The SMILES string of the molecule is NC(=O)C1CNCCN1C(=O)c1cc(Cl)ccc1[N+](=O)[O-]. The van der Waals surface area contributed by atoms with Gasteiger partial charge in [0.25, 0.3) is 11.6 Å². The van der Waals surface area contributed by atoms with Crippen molar-refractivity contribution >= 4 is 29.1 Å². The molecule has 0 bridgehead atoms. The summed E-state index contributed by atoms with van der Waals surface area (Å²) >= 11 is 5.81. The van der Waals surface area contributed by atoms with Crippen molar-refractivity contribution in [3.63, 3.8) is 0 Å². The molecule has 1 heterocycles. The van der Waals surface area contributed by atoms with Gasteiger partial charge in [-0.05, 0) is 12.1 Å². The van der Waals surface area contributed by atoms with E-state index >= 15 is 0 Å². The first-order chi connectivity index (χ1) is 9.91. The Morgan fingerprint density at radius 2 is 2.19 bits per heavy atom. The topological polar surface area (TPSA) is 119 Å². The van der Waals surface area contributed by atoms with Gasteiger partial charge < -0.3 is 16.0 Å². The third kappa shape index (κ3) is 3.11. The van der Waals surface area contributed by atoms with Crippen LogP contribution in [0, 0.1) is 10.1 Å². The Balaban J connectivity index is 2.40. The lowest BCUT2D eigenvalue weighted by Gasteiger charge is -2.34. The number of piperazine rings is 1. The number of nitrogens with two attached hydrogens (primary N) is 1. The minimum absolute atomic E-state index is 0.152. The molecule has 1 fully saturated rings. The average Bonchev–Trinajstić information content (AvgIpc) is 2.46. The van der Waals surface area contributed by atoms with E-state index in [1.54, 1.807) is 0 Å². The van der Waals surface area contributed by atoms with E-state index in [1.807, 2.05) is 0 Å². The van der Waals surface area contributed by atoms with E-state index in [0.29, 0.717) is 6.54 Å². The van der Waals surface area contributed by atoms with Gasteiger partial charge in [0, 0.05) is 30.7 Å². The lowest BCUT2D eigenvalue weighted by molar-refractivity contribution is -0.385. The van der Waals surface area contributed by atoms with Gasteiger partial charge in [0.2, 0.25) is 5.91 Å². The highest BCUT2D eigenvalue weighted by molar-refractivity contribution is 6.31. The Bertz CT molecular complexity index is 607. The minimum Gasteiger partial charge on any atom is -0.368 e. The smallest absolute Gasteiger partial charge is 0.282 e. The number of hydrogen-bond acceptors (Lipinski definition) is 5.